The maximum atomic E-state index is 13.6. The van der Waals surface area contributed by atoms with Crippen molar-refractivity contribution in [3.63, 3.8) is 0 Å². The maximum absolute atomic E-state index is 13.6. The molecule has 1 unspecified atom stereocenters. The van der Waals surface area contributed by atoms with Crippen molar-refractivity contribution in [2.24, 2.45) is 5.92 Å². The molecule has 6 rings (SSSR count). The molecule has 4 amide bonds. The first kappa shape index (κ1) is 39.6. The molecule has 2 atom stereocenters. The zero-order valence-electron chi connectivity index (χ0n) is 32.9. The van der Waals surface area contributed by atoms with Crippen molar-refractivity contribution in [1.29, 1.82) is 0 Å². The second kappa shape index (κ2) is 17.1. The van der Waals surface area contributed by atoms with Crippen molar-refractivity contribution in [1.82, 2.24) is 40.4 Å². The number of ether oxygens (including phenoxy) is 3. The molecule has 296 valence electrons. The summed E-state index contributed by atoms with van der Waals surface area (Å²) >= 11 is 0. The van der Waals surface area contributed by atoms with Crippen LogP contribution < -0.4 is 15.4 Å². The van der Waals surface area contributed by atoms with Gasteiger partial charge in [0.15, 0.2) is 0 Å². The Labute approximate surface area is 325 Å². The predicted octanol–water partition coefficient (Wildman–Crippen LogP) is 6.27. The average Bonchev–Trinajstić information content (AvgIpc) is 3.86. The molecule has 1 aliphatic heterocycles. The Morgan fingerprint density at radius 1 is 0.929 bits per heavy atom. The average molecular weight is 767 g/mol. The fraction of sp³-hybridized carbons (Fsp3) is 0.415. The number of nitrogens with zero attached hydrogens (tertiary/aromatic N) is 4. The van der Waals surface area contributed by atoms with Crippen LogP contribution in [0.1, 0.15) is 64.7 Å². The molecule has 0 bridgehead atoms. The minimum Gasteiger partial charge on any atom is -0.488 e. The molecule has 1 aliphatic rings. The normalized spacial score (nSPS) is 13.0. The first-order valence-electron chi connectivity index (χ1n) is 18.9. The fourth-order valence-corrected chi connectivity index (χ4v) is 6.98. The molecule has 15 heteroatoms. The van der Waals surface area contributed by atoms with Gasteiger partial charge in [-0.15, -0.1) is 0 Å². The van der Waals surface area contributed by atoms with Crippen LogP contribution in [0.25, 0.3) is 44.2 Å². The number of rotatable bonds is 14. The Morgan fingerprint density at radius 3 is 2.43 bits per heavy atom. The molecule has 0 radical (unpaired) electrons. The number of H-pyrrole nitrogens is 2. The minimum atomic E-state index is -0.731. The van der Waals surface area contributed by atoms with Gasteiger partial charge < -0.3 is 44.6 Å². The highest BCUT2D eigenvalue weighted by Crippen LogP contribution is 2.42. The van der Waals surface area contributed by atoms with Crippen molar-refractivity contribution < 1.29 is 33.4 Å². The highest BCUT2D eigenvalue weighted by Gasteiger charge is 2.30. The Kier molecular flexibility index (Phi) is 12.1. The third-order valence-electron chi connectivity index (χ3n) is 10.2. The van der Waals surface area contributed by atoms with E-state index in [0.29, 0.717) is 24.8 Å². The van der Waals surface area contributed by atoms with E-state index in [0.717, 1.165) is 68.3 Å². The molecule has 15 nitrogen and oxygen atoms in total. The topological polar surface area (TPSA) is 184 Å². The largest absolute Gasteiger partial charge is 0.488 e. The Morgan fingerprint density at radius 2 is 1.71 bits per heavy atom. The van der Waals surface area contributed by atoms with E-state index in [9.17, 15) is 19.2 Å². The zero-order chi connectivity index (χ0) is 40.1. The van der Waals surface area contributed by atoms with Gasteiger partial charge >= 0.3 is 12.2 Å². The van der Waals surface area contributed by atoms with Crippen LogP contribution in [0.3, 0.4) is 0 Å². The monoisotopic (exact) mass is 766 g/mol. The molecule has 0 saturated carbocycles. The number of hydrogen-bond acceptors (Lipinski definition) is 9. The predicted molar refractivity (Wildman–Crippen MR) is 212 cm³/mol. The lowest BCUT2D eigenvalue weighted by atomic mass is 9.92. The lowest BCUT2D eigenvalue weighted by Gasteiger charge is -2.28. The van der Waals surface area contributed by atoms with Gasteiger partial charge in [-0.2, -0.15) is 0 Å². The van der Waals surface area contributed by atoms with Crippen molar-refractivity contribution in [2.45, 2.75) is 79.2 Å². The Hall–Kier alpha value is -6.12. The number of amides is 4. The van der Waals surface area contributed by atoms with Crippen LogP contribution in [0.15, 0.2) is 48.7 Å². The standard InChI is InChI=1S/C41H50N8O7/c1-8-14-48(39(51)37(23(3)4)47-41(53)55-7)20-35-44-31-13-11-25-16-30-28-12-10-26(15-27(28)22-56-33(30)17-29(25)38(31)46-35)32-18-42-34(45-32)21-49(24(5)9-2)36(50)19-43-40(52)54-6/h10-13,15-18,23-24,37H,8-9,14,19-22H2,1-7H3,(H,42,45)(H,43,52)(H,44,46)(H,47,53)/t24-,37?/m0/s1. The zero-order valence-corrected chi connectivity index (χ0v) is 32.9. The third kappa shape index (κ3) is 8.41. The summed E-state index contributed by atoms with van der Waals surface area (Å²) in [6.45, 7) is 11.0. The molecule has 0 spiro atoms. The summed E-state index contributed by atoms with van der Waals surface area (Å²) in [5.41, 5.74) is 6.46. The van der Waals surface area contributed by atoms with Crippen LogP contribution in [0.5, 0.6) is 5.75 Å². The lowest BCUT2D eigenvalue weighted by Crippen LogP contribution is -2.51. The molecule has 0 fully saturated rings. The number of alkyl carbamates (subject to hydrolysis) is 2. The second-order valence-corrected chi connectivity index (χ2v) is 14.4. The van der Waals surface area contributed by atoms with Crippen molar-refractivity contribution in [2.75, 3.05) is 27.3 Å². The summed E-state index contributed by atoms with van der Waals surface area (Å²) in [5.74, 6) is 1.47. The molecular formula is C41H50N8O7. The molecular weight excluding hydrogens is 716 g/mol. The molecule has 2 aromatic heterocycles. The van der Waals surface area contributed by atoms with E-state index >= 15 is 0 Å². The summed E-state index contributed by atoms with van der Waals surface area (Å²) in [5, 5.41) is 7.12. The summed E-state index contributed by atoms with van der Waals surface area (Å²) < 4.78 is 15.7. The number of methoxy groups -OCH3 is 2. The molecule has 3 aromatic carbocycles. The van der Waals surface area contributed by atoms with Crippen LogP contribution in [-0.4, -0.2) is 93.1 Å². The van der Waals surface area contributed by atoms with Crippen molar-refractivity contribution in [3.05, 3.63) is 65.9 Å². The molecule has 5 aromatic rings. The van der Waals surface area contributed by atoms with E-state index in [1.54, 1.807) is 16.0 Å². The highest BCUT2D eigenvalue weighted by atomic mass is 16.5. The quantitative estimate of drug-likeness (QED) is 0.101. The van der Waals surface area contributed by atoms with Gasteiger partial charge in [0.25, 0.3) is 0 Å². The van der Waals surface area contributed by atoms with E-state index in [1.807, 2.05) is 58.9 Å². The van der Waals surface area contributed by atoms with Crippen LogP contribution in [0.2, 0.25) is 0 Å². The van der Waals surface area contributed by atoms with Crippen LogP contribution in [0, 0.1) is 5.92 Å². The number of aromatic amines is 2. The number of imidazole rings is 2. The summed E-state index contributed by atoms with van der Waals surface area (Å²) in [4.78, 5) is 69.8. The molecule has 3 heterocycles. The van der Waals surface area contributed by atoms with Gasteiger partial charge in [0, 0.05) is 23.5 Å². The summed E-state index contributed by atoms with van der Waals surface area (Å²) in [7, 11) is 2.54. The molecule has 4 N–H and O–H groups in total. The van der Waals surface area contributed by atoms with Gasteiger partial charge in [0.2, 0.25) is 11.8 Å². The number of benzene rings is 3. The van der Waals surface area contributed by atoms with E-state index in [1.165, 1.54) is 14.2 Å². The fourth-order valence-electron chi connectivity index (χ4n) is 6.98. The number of aromatic nitrogens is 4. The van der Waals surface area contributed by atoms with E-state index in [-0.39, 0.29) is 43.4 Å². The van der Waals surface area contributed by atoms with Gasteiger partial charge in [0.05, 0.1) is 50.2 Å². The lowest BCUT2D eigenvalue weighted by molar-refractivity contribution is -0.135. The third-order valence-corrected chi connectivity index (χ3v) is 10.2. The van der Waals surface area contributed by atoms with E-state index in [2.05, 4.69) is 48.5 Å². The van der Waals surface area contributed by atoms with Crippen LogP contribution >= 0.6 is 0 Å². The number of carbonyl (C=O) groups excluding carboxylic acids is 4. The first-order valence-corrected chi connectivity index (χ1v) is 18.9. The highest BCUT2D eigenvalue weighted by molar-refractivity contribution is 6.07. The van der Waals surface area contributed by atoms with Gasteiger partial charge in [-0.05, 0) is 72.0 Å². The number of carbonyl (C=O) groups is 4. The maximum Gasteiger partial charge on any atom is 0.407 e. The Balaban J connectivity index is 1.22. The first-order chi connectivity index (χ1) is 26.9. The Bertz CT molecular complexity index is 2250. The van der Waals surface area contributed by atoms with Gasteiger partial charge in [0.1, 0.15) is 36.6 Å². The van der Waals surface area contributed by atoms with Crippen LogP contribution in [-0.2, 0) is 38.8 Å². The molecule has 56 heavy (non-hydrogen) atoms. The molecule has 0 aliphatic carbocycles. The van der Waals surface area contributed by atoms with Crippen LogP contribution in [0.4, 0.5) is 9.59 Å². The minimum absolute atomic E-state index is 0.0633. The number of fused-ring (bicyclic) bond motifs is 6. The van der Waals surface area contributed by atoms with E-state index in [4.69, 9.17) is 14.5 Å². The SMILES string of the molecule is CCCN(Cc1nc2ccc3cc4c(cc3c2[nH]1)OCc1cc(-c2cnc(CN(C(=O)CNC(=O)OC)[C@@H](C)CC)[nH]2)ccc1-4)C(=O)C(NC(=O)OC)C(C)C. The van der Waals surface area contributed by atoms with Gasteiger partial charge in [-0.3, -0.25) is 9.59 Å². The molecule has 0 saturated heterocycles. The van der Waals surface area contributed by atoms with E-state index < -0.39 is 18.2 Å². The van der Waals surface area contributed by atoms with Crippen molar-refractivity contribution in [3.8, 4) is 28.1 Å². The number of hydrogen-bond donors (Lipinski definition) is 4. The summed E-state index contributed by atoms with van der Waals surface area (Å²) in [6, 6.07) is 13.6. The smallest absolute Gasteiger partial charge is 0.407 e. The van der Waals surface area contributed by atoms with Gasteiger partial charge in [-0.1, -0.05) is 45.9 Å². The van der Waals surface area contributed by atoms with Gasteiger partial charge in [-0.25, -0.2) is 19.6 Å². The summed E-state index contributed by atoms with van der Waals surface area (Å²) in [6.07, 6.45) is 1.94. The number of nitrogens with one attached hydrogen (secondary N) is 4. The van der Waals surface area contributed by atoms with Crippen molar-refractivity contribution >= 4 is 45.8 Å². The second-order valence-electron chi connectivity index (χ2n) is 14.4.